The number of amides is 1. The van der Waals surface area contributed by atoms with Gasteiger partial charge in [0.15, 0.2) is 4.34 Å². The minimum absolute atomic E-state index is 0.0810. The van der Waals surface area contributed by atoms with Crippen molar-refractivity contribution in [1.82, 2.24) is 15.1 Å². The number of carbonyl (C=O) groups excluding carboxylic acids is 1. The third kappa shape index (κ3) is 5.93. The lowest BCUT2D eigenvalue weighted by Crippen LogP contribution is -2.49. The van der Waals surface area contributed by atoms with E-state index < -0.39 is 17.6 Å². The molecule has 0 spiro atoms. The highest BCUT2D eigenvalue weighted by atomic mass is 32.2. The van der Waals surface area contributed by atoms with Gasteiger partial charge >= 0.3 is 6.18 Å². The minimum atomic E-state index is -4.39. The van der Waals surface area contributed by atoms with Crippen molar-refractivity contribution in [1.29, 1.82) is 0 Å². The molecule has 1 aliphatic rings. The SMILES string of the molecule is O=C(CSc1nnc(Nc2ccccc2F)s1)N1CCN(c2cccc(C(F)(F)F)c2)CC1. The number of hydrogen-bond donors (Lipinski definition) is 1. The summed E-state index contributed by atoms with van der Waals surface area (Å²) in [7, 11) is 0. The lowest BCUT2D eigenvalue weighted by molar-refractivity contribution is -0.137. The Morgan fingerprint density at radius 1 is 1.06 bits per heavy atom. The first kappa shape index (κ1) is 23.3. The van der Waals surface area contributed by atoms with Crippen LogP contribution in [-0.4, -0.2) is 52.9 Å². The van der Waals surface area contributed by atoms with Gasteiger partial charge in [-0.25, -0.2) is 4.39 Å². The molecule has 0 atom stereocenters. The summed E-state index contributed by atoms with van der Waals surface area (Å²) in [6.45, 7) is 1.75. The molecule has 0 aliphatic carbocycles. The van der Waals surface area contributed by atoms with E-state index in [2.05, 4.69) is 15.5 Å². The second-order valence-electron chi connectivity index (χ2n) is 7.18. The Bertz CT molecular complexity index is 1120. The fraction of sp³-hybridized carbons (Fsp3) is 0.286. The maximum atomic E-state index is 13.7. The van der Waals surface area contributed by atoms with Crippen LogP contribution in [0, 0.1) is 5.82 Å². The smallest absolute Gasteiger partial charge is 0.368 e. The number of aromatic nitrogens is 2. The van der Waals surface area contributed by atoms with Crippen molar-refractivity contribution in [3.8, 4) is 0 Å². The number of hydrogen-bond acceptors (Lipinski definition) is 7. The summed E-state index contributed by atoms with van der Waals surface area (Å²) in [6.07, 6.45) is -4.39. The Labute approximate surface area is 195 Å². The van der Waals surface area contributed by atoms with Crippen molar-refractivity contribution in [3.63, 3.8) is 0 Å². The fourth-order valence-electron chi connectivity index (χ4n) is 3.30. The summed E-state index contributed by atoms with van der Waals surface area (Å²) in [5.41, 5.74) is 0.103. The van der Waals surface area contributed by atoms with Crippen LogP contribution in [0.5, 0.6) is 0 Å². The van der Waals surface area contributed by atoms with Crippen molar-refractivity contribution >= 4 is 45.5 Å². The maximum absolute atomic E-state index is 13.7. The molecule has 1 N–H and O–H groups in total. The van der Waals surface area contributed by atoms with Crippen molar-refractivity contribution in [2.75, 3.05) is 42.1 Å². The number of piperazine rings is 1. The Morgan fingerprint density at radius 2 is 1.82 bits per heavy atom. The van der Waals surface area contributed by atoms with Gasteiger partial charge in [0.1, 0.15) is 5.82 Å². The molecule has 1 fully saturated rings. The summed E-state index contributed by atoms with van der Waals surface area (Å²) >= 11 is 2.46. The number of benzene rings is 2. The van der Waals surface area contributed by atoms with Crippen molar-refractivity contribution in [3.05, 3.63) is 59.9 Å². The number of para-hydroxylation sites is 1. The first-order chi connectivity index (χ1) is 15.8. The third-order valence-corrected chi connectivity index (χ3v) is 6.97. The molecule has 4 rings (SSSR count). The third-order valence-electron chi connectivity index (χ3n) is 5.01. The first-order valence-corrected chi connectivity index (χ1v) is 11.8. The molecular weight excluding hydrogens is 478 g/mol. The highest BCUT2D eigenvalue weighted by molar-refractivity contribution is 8.01. The molecule has 33 heavy (non-hydrogen) atoms. The van der Waals surface area contributed by atoms with Crippen molar-refractivity contribution < 1.29 is 22.4 Å². The van der Waals surface area contributed by atoms with Crippen LogP contribution < -0.4 is 10.2 Å². The molecule has 0 unspecified atom stereocenters. The van der Waals surface area contributed by atoms with Gasteiger partial charge in [-0.1, -0.05) is 41.3 Å². The average molecular weight is 498 g/mol. The number of nitrogens with zero attached hydrogens (tertiary/aromatic N) is 4. The lowest BCUT2D eigenvalue weighted by atomic mass is 10.1. The molecule has 1 saturated heterocycles. The molecular formula is C21H19F4N5OS2. The van der Waals surface area contributed by atoms with E-state index in [1.54, 1.807) is 29.2 Å². The Morgan fingerprint density at radius 3 is 2.55 bits per heavy atom. The second-order valence-corrected chi connectivity index (χ2v) is 9.38. The molecule has 12 heteroatoms. The summed E-state index contributed by atoms with van der Waals surface area (Å²) in [5, 5.41) is 11.3. The van der Waals surface area contributed by atoms with Gasteiger partial charge in [0.05, 0.1) is 17.0 Å². The summed E-state index contributed by atoms with van der Waals surface area (Å²) in [4.78, 5) is 16.1. The number of rotatable bonds is 6. The van der Waals surface area contributed by atoms with E-state index in [-0.39, 0.29) is 11.7 Å². The molecule has 6 nitrogen and oxygen atoms in total. The van der Waals surface area contributed by atoms with E-state index in [4.69, 9.17) is 0 Å². The lowest BCUT2D eigenvalue weighted by Gasteiger charge is -2.36. The van der Waals surface area contributed by atoms with Gasteiger partial charge in [-0.3, -0.25) is 4.79 Å². The highest BCUT2D eigenvalue weighted by Gasteiger charge is 2.31. The van der Waals surface area contributed by atoms with Crippen LogP contribution in [0.4, 0.5) is 34.1 Å². The number of nitrogens with one attached hydrogen (secondary N) is 1. The topological polar surface area (TPSA) is 61.4 Å². The molecule has 2 aromatic carbocycles. The van der Waals surface area contributed by atoms with Crippen molar-refractivity contribution in [2.24, 2.45) is 0 Å². The molecule has 1 amide bonds. The summed E-state index contributed by atoms with van der Waals surface area (Å²) in [6, 6.07) is 11.4. The van der Waals surface area contributed by atoms with Crippen LogP contribution in [-0.2, 0) is 11.0 Å². The molecule has 174 valence electrons. The Hall–Kier alpha value is -2.86. The van der Waals surface area contributed by atoms with Crippen LogP contribution in [0.3, 0.4) is 0 Å². The zero-order chi connectivity index (χ0) is 23.4. The fourth-order valence-corrected chi connectivity index (χ4v) is 4.97. The molecule has 3 aromatic rings. The number of anilines is 3. The first-order valence-electron chi connectivity index (χ1n) is 9.97. The molecule has 0 radical (unpaired) electrons. The van der Waals surface area contributed by atoms with Crippen LogP contribution in [0.1, 0.15) is 5.56 Å². The standard InChI is InChI=1S/C21H19F4N5OS2/c22-16-6-1-2-7-17(16)26-19-27-28-20(33-19)32-13-18(31)30-10-8-29(9-11-30)15-5-3-4-14(12-15)21(23,24)25/h1-7,12H,8-11,13H2,(H,26,27). The predicted molar refractivity (Wildman–Crippen MR) is 121 cm³/mol. The van der Waals surface area contributed by atoms with E-state index in [0.717, 1.165) is 12.1 Å². The van der Waals surface area contributed by atoms with Crippen molar-refractivity contribution in [2.45, 2.75) is 10.5 Å². The Kier molecular flexibility index (Phi) is 7.03. The van der Waals surface area contributed by atoms with Crippen LogP contribution >= 0.6 is 23.1 Å². The normalized spacial score (nSPS) is 14.4. The predicted octanol–water partition coefficient (Wildman–Crippen LogP) is 4.88. The quantitative estimate of drug-likeness (QED) is 0.387. The summed E-state index contributed by atoms with van der Waals surface area (Å²) in [5.74, 6) is -0.318. The largest absolute Gasteiger partial charge is 0.416 e. The van der Waals surface area contributed by atoms with Crippen LogP contribution in [0.2, 0.25) is 0 Å². The zero-order valence-corrected chi connectivity index (χ0v) is 18.8. The van der Waals surface area contributed by atoms with E-state index >= 15 is 0 Å². The number of alkyl halides is 3. The average Bonchev–Trinajstić information content (AvgIpc) is 3.26. The molecule has 1 aliphatic heterocycles. The van der Waals surface area contributed by atoms with Crippen LogP contribution in [0.15, 0.2) is 52.9 Å². The van der Waals surface area contributed by atoms with Gasteiger partial charge < -0.3 is 15.1 Å². The van der Waals surface area contributed by atoms with Gasteiger partial charge in [0.25, 0.3) is 0 Å². The van der Waals surface area contributed by atoms with E-state index in [1.807, 2.05) is 4.90 Å². The van der Waals surface area contributed by atoms with Gasteiger partial charge in [0.2, 0.25) is 11.0 Å². The van der Waals surface area contributed by atoms with E-state index in [0.29, 0.717) is 47.0 Å². The molecule has 1 aromatic heterocycles. The number of carbonyl (C=O) groups is 1. The molecule has 0 saturated carbocycles. The minimum Gasteiger partial charge on any atom is -0.368 e. The maximum Gasteiger partial charge on any atom is 0.416 e. The number of thioether (sulfide) groups is 1. The zero-order valence-electron chi connectivity index (χ0n) is 17.2. The van der Waals surface area contributed by atoms with E-state index in [1.165, 1.54) is 35.2 Å². The van der Waals surface area contributed by atoms with Gasteiger partial charge in [0, 0.05) is 31.9 Å². The molecule has 2 heterocycles. The van der Waals surface area contributed by atoms with E-state index in [9.17, 15) is 22.4 Å². The number of halogens is 4. The van der Waals surface area contributed by atoms with Gasteiger partial charge in [-0.15, -0.1) is 10.2 Å². The van der Waals surface area contributed by atoms with Gasteiger partial charge in [-0.2, -0.15) is 13.2 Å². The summed E-state index contributed by atoms with van der Waals surface area (Å²) < 4.78 is 53.2. The van der Waals surface area contributed by atoms with Gasteiger partial charge in [-0.05, 0) is 30.3 Å². The highest BCUT2D eigenvalue weighted by Crippen LogP contribution is 2.32. The van der Waals surface area contributed by atoms with Crippen LogP contribution in [0.25, 0.3) is 0 Å². The monoisotopic (exact) mass is 497 g/mol. The second kappa shape index (κ2) is 9.96. The molecule has 0 bridgehead atoms. The Balaban J connectivity index is 1.26.